The predicted molar refractivity (Wildman–Crippen MR) is 72.9 cm³/mol. The van der Waals surface area contributed by atoms with E-state index in [1.807, 2.05) is 49.6 Å². The van der Waals surface area contributed by atoms with Crippen LogP contribution in [0.25, 0.3) is 0 Å². The molecule has 1 heterocycles. The average molecular weight is 246 g/mol. The fourth-order valence-electron chi connectivity index (χ4n) is 1.44. The number of hydrogen-bond acceptors (Lipinski definition) is 2. The maximum atomic E-state index is 11.7. The van der Waals surface area contributed by atoms with Crippen LogP contribution >= 0.6 is 11.3 Å². The molecule has 17 heavy (non-hydrogen) atoms. The van der Waals surface area contributed by atoms with Gasteiger partial charge < -0.3 is 5.32 Å². The highest BCUT2D eigenvalue weighted by atomic mass is 32.1. The Morgan fingerprint density at radius 2 is 1.94 bits per heavy atom. The van der Waals surface area contributed by atoms with Crippen LogP contribution < -0.4 is 10.6 Å². The van der Waals surface area contributed by atoms with E-state index in [2.05, 4.69) is 10.6 Å². The number of anilines is 2. The Morgan fingerprint density at radius 1 is 1.12 bits per heavy atom. The van der Waals surface area contributed by atoms with Gasteiger partial charge in [0.15, 0.2) is 0 Å². The highest BCUT2D eigenvalue weighted by Crippen LogP contribution is 2.17. The second kappa shape index (κ2) is 5.01. The lowest BCUT2D eigenvalue weighted by Crippen LogP contribution is -2.18. The van der Waals surface area contributed by atoms with Crippen LogP contribution in [0.15, 0.2) is 35.7 Å². The zero-order valence-electron chi connectivity index (χ0n) is 9.78. The molecular formula is C13H14N2OS. The standard InChI is InChI=1S/C13H14N2OS/c1-9-5-6-11(8-10(9)2)14-13(16)15-12-4-3-7-17-12/h3-8H,1-2H3,(H2,14,15,16). The minimum absolute atomic E-state index is 0.212. The van der Waals surface area contributed by atoms with Gasteiger partial charge in [-0.1, -0.05) is 6.07 Å². The van der Waals surface area contributed by atoms with Crippen molar-refractivity contribution in [3.8, 4) is 0 Å². The fraction of sp³-hybridized carbons (Fsp3) is 0.154. The molecule has 0 unspecified atom stereocenters. The van der Waals surface area contributed by atoms with E-state index >= 15 is 0 Å². The predicted octanol–water partition coefficient (Wildman–Crippen LogP) is 4.01. The summed E-state index contributed by atoms with van der Waals surface area (Å²) >= 11 is 1.50. The number of thiophene rings is 1. The summed E-state index contributed by atoms with van der Waals surface area (Å²) in [6.45, 7) is 4.07. The summed E-state index contributed by atoms with van der Waals surface area (Å²) in [7, 11) is 0. The summed E-state index contributed by atoms with van der Waals surface area (Å²) < 4.78 is 0. The number of urea groups is 1. The molecule has 0 aliphatic rings. The number of benzene rings is 1. The molecule has 2 amide bonds. The van der Waals surface area contributed by atoms with Gasteiger partial charge in [-0.2, -0.15) is 0 Å². The van der Waals surface area contributed by atoms with E-state index < -0.39 is 0 Å². The van der Waals surface area contributed by atoms with Gasteiger partial charge in [0.1, 0.15) is 0 Å². The first-order valence-electron chi connectivity index (χ1n) is 5.34. The van der Waals surface area contributed by atoms with E-state index in [1.165, 1.54) is 22.5 Å². The average Bonchev–Trinajstić information content (AvgIpc) is 2.76. The highest BCUT2D eigenvalue weighted by Gasteiger charge is 2.03. The fourth-order valence-corrected chi connectivity index (χ4v) is 2.06. The van der Waals surface area contributed by atoms with Crippen LogP contribution in [0, 0.1) is 13.8 Å². The van der Waals surface area contributed by atoms with Crippen molar-refractivity contribution in [3.05, 3.63) is 46.8 Å². The van der Waals surface area contributed by atoms with Crippen LogP contribution in [0.1, 0.15) is 11.1 Å². The minimum Gasteiger partial charge on any atom is -0.308 e. The zero-order chi connectivity index (χ0) is 12.3. The number of amides is 2. The molecule has 1 aromatic heterocycles. The molecule has 0 atom stereocenters. The highest BCUT2D eigenvalue weighted by molar-refractivity contribution is 7.14. The Bertz CT molecular complexity index is 520. The van der Waals surface area contributed by atoms with E-state index in [0.29, 0.717) is 0 Å². The quantitative estimate of drug-likeness (QED) is 0.826. The van der Waals surface area contributed by atoms with Gasteiger partial charge in [0.05, 0.1) is 5.00 Å². The molecule has 0 spiro atoms. The molecule has 0 fully saturated rings. The maximum absolute atomic E-state index is 11.7. The van der Waals surface area contributed by atoms with Gasteiger partial charge in [-0.05, 0) is 54.6 Å². The third kappa shape index (κ3) is 3.07. The summed E-state index contributed by atoms with van der Waals surface area (Å²) in [6, 6.07) is 9.41. The van der Waals surface area contributed by atoms with E-state index in [1.54, 1.807) is 0 Å². The summed E-state index contributed by atoms with van der Waals surface area (Å²) in [5.74, 6) is 0. The van der Waals surface area contributed by atoms with Gasteiger partial charge in [0.25, 0.3) is 0 Å². The maximum Gasteiger partial charge on any atom is 0.324 e. The Kier molecular flexibility index (Phi) is 3.44. The summed E-state index contributed by atoms with van der Waals surface area (Å²) in [5, 5.41) is 8.34. The summed E-state index contributed by atoms with van der Waals surface area (Å²) in [6.07, 6.45) is 0. The Morgan fingerprint density at radius 3 is 2.59 bits per heavy atom. The third-order valence-electron chi connectivity index (χ3n) is 2.52. The van der Waals surface area contributed by atoms with E-state index in [9.17, 15) is 4.79 Å². The smallest absolute Gasteiger partial charge is 0.308 e. The number of hydrogen-bond donors (Lipinski definition) is 2. The van der Waals surface area contributed by atoms with Gasteiger partial charge in [-0.3, -0.25) is 5.32 Å². The van der Waals surface area contributed by atoms with Gasteiger partial charge in [0, 0.05) is 5.69 Å². The molecule has 0 aliphatic carbocycles. The van der Waals surface area contributed by atoms with Crippen LogP contribution in [0.3, 0.4) is 0 Å². The molecule has 3 nitrogen and oxygen atoms in total. The normalized spacial score (nSPS) is 10.0. The molecular weight excluding hydrogens is 232 g/mol. The first-order valence-corrected chi connectivity index (χ1v) is 6.22. The molecule has 0 saturated carbocycles. The molecule has 1 aromatic carbocycles. The molecule has 2 rings (SSSR count). The second-order valence-electron chi connectivity index (χ2n) is 3.86. The van der Waals surface area contributed by atoms with Crippen LogP contribution in [0.2, 0.25) is 0 Å². The lowest BCUT2D eigenvalue weighted by molar-refractivity contribution is 0.262. The first-order chi connectivity index (χ1) is 8.15. The van der Waals surface area contributed by atoms with Gasteiger partial charge in [0.2, 0.25) is 0 Å². The van der Waals surface area contributed by atoms with Crippen molar-refractivity contribution < 1.29 is 4.79 Å². The molecule has 0 radical (unpaired) electrons. The van der Waals surface area contributed by atoms with E-state index in [-0.39, 0.29) is 6.03 Å². The largest absolute Gasteiger partial charge is 0.324 e. The number of rotatable bonds is 2. The minimum atomic E-state index is -0.212. The molecule has 88 valence electrons. The van der Waals surface area contributed by atoms with E-state index in [4.69, 9.17) is 0 Å². The topological polar surface area (TPSA) is 41.1 Å². The van der Waals surface area contributed by atoms with Crippen molar-refractivity contribution in [3.63, 3.8) is 0 Å². The van der Waals surface area contributed by atoms with Crippen molar-refractivity contribution >= 4 is 28.1 Å². The van der Waals surface area contributed by atoms with Crippen molar-refractivity contribution in [1.29, 1.82) is 0 Å². The monoisotopic (exact) mass is 246 g/mol. The molecule has 0 aliphatic heterocycles. The Balaban J connectivity index is 2.00. The van der Waals surface area contributed by atoms with Gasteiger partial charge in [-0.25, -0.2) is 4.79 Å². The van der Waals surface area contributed by atoms with Gasteiger partial charge in [-0.15, -0.1) is 11.3 Å². The number of carbonyl (C=O) groups is 1. The number of nitrogens with one attached hydrogen (secondary N) is 2. The summed E-state index contributed by atoms with van der Waals surface area (Å²) in [5.41, 5.74) is 3.19. The molecule has 0 saturated heterocycles. The zero-order valence-corrected chi connectivity index (χ0v) is 10.6. The van der Waals surface area contributed by atoms with E-state index in [0.717, 1.165) is 10.7 Å². The van der Waals surface area contributed by atoms with Crippen LogP contribution in [0.5, 0.6) is 0 Å². The molecule has 2 aromatic rings. The van der Waals surface area contributed by atoms with Crippen molar-refractivity contribution in [2.24, 2.45) is 0 Å². The Labute approximate surface area is 104 Å². The summed E-state index contributed by atoms with van der Waals surface area (Å²) in [4.78, 5) is 11.7. The SMILES string of the molecule is Cc1ccc(NC(=O)Nc2cccs2)cc1C. The number of carbonyl (C=O) groups excluding carboxylic acids is 1. The van der Waals surface area contributed by atoms with Crippen LogP contribution in [0.4, 0.5) is 15.5 Å². The lowest BCUT2D eigenvalue weighted by atomic mass is 10.1. The van der Waals surface area contributed by atoms with Crippen molar-refractivity contribution in [2.45, 2.75) is 13.8 Å². The molecule has 4 heteroatoms. The van der Waals surface area contributed by atoms with Crippen LogP contribution in [-0.4, -0.2) is 6.03 Å². The first kappa shape index (κ1) is 11.7. The Hall–Kier alpha value is -1.81. The molecule has 2 N–H and O–H groups in total. The van der Waals surface area contributed by atoms with Crippen LogP contribution in [-0.2, 0) is 0 Å². The van der Waals surface area contributed by atoms with Gasteiger partial charge >= 0.3 is 6.03 Å². The lowest BCUT2D eigenvalue weighted by Gasteiger charge is -2.08. The second-order valence-corrected chi connectivity index (χ2v) is 4.80. The third-order valence-corrected chi connectivity index (χ3v) is 3.31. The van der Waals surface area contributed by atoms with Crippen molar-refractivity contribution in [2.75, 3.05) is 10.6 Å². The van der Waals surface area contributed by atoms with Crippen molar-refractivity contribution in [1.82, 2.24) is 0 Å². The number of aryl methyl sites for hydroxylation is 2. The molecule has 0 bridgehead atoms.